The van der Waals surface area contributed by atoms with E-state index in [1.807, 2.05) is 0 Å². The molecule has 1 unspecified atom stereocenters. The average Bonchev–Trinajstić information content (AvgIpc) is 2.30. The Morgan fingerprint density at radius 1 is 1.50 bits per heavy atom. The van der Waals surface area contributed by atoms with Crippen LogP contribution >= 0.6 is 0 Å². The SMILES string of the molecule is Cc1cc(F)c(N)cc1S(=O)(=O)NCC(C)CO. The lowest BCUT2D eigenvalue weighted by Crippen LogP contribution is -2.30. The lowest BCUT2D eigenvalue weighted by atomic mass is 10.2. The van der Waals surface area contributed by atoms with E-state index in [1.54, 1.807) is 6.92 Å². The van der Waals surface area contributed by atoms with Crippen molar-refractivity contribution in [3.63, 3.8) is 0 Å². The zero-order valence-electron chi connectivity index (χ0n) is 10.3. The molecular weight excluding hydrogens is 259 g/mol. The molecule has 0 fully saturated rings. The van der Waals surface area contributed by atoms with E-state index in [9.17, 15) is 12.8 Å². The normalized spacial score (nSPS) is 13.6. The van der Waals surface area contributed by atoms with Gasteiger partial charge in [0.2, 0.25) is 10.0 Å². The molecule has 0 aliphatic carbocycles. The van der Waals surface area contributed by atoms with Crippen LogP contribution < -0.4 is 10.5 Å². The molecule has 1 atom stereocenters. The molecule has 5 nitrogen and oxygen atoms in total. The van der Waals surface area contributed by atoms with Crippen LogP contribution in [-0.2, 0) is 10.0 Å². The van der Waals surface area contributed by atoms with Gasteiger partial charge in [-0.05, 0) is 30.5 Å². The predicted molar refractivity (Wildman–Crippen MR) is 67.0 cm³/mol. The van der Waals surface area contributed by atoms with E-state index in [1.165, 1.54) is 6.92 Å². The van der Waals surface area contributed by atoms with E-state index >= 15 is 0 Å². The number of benzene rings is 1. The predicted octanol–water partition coefficient (Wildman–Crippen LogP) is 0.623. The Kier molecular flexibility index (Phi) is 4.66. The fraction of sp³-hybridized carbons (Fsp3) is 0.455. The Labute approximate surface area is 106 Å². The number of nitrogens with two attached hydrogens (primary N) is 1. The number of hydrogen-bond donors (Lipinski definition) is 3. The highest BCUT2D eigenvalue weighted by Gasteiger charge is 2.19. The summed E-state index contributed by atoms with van der Waals surface area (Å²) in [7, 11) is -3.74. The van der Waals surface area contributed by atoms with Gasteiger partial charge in [-0.3, -0.25) is 0 Å². The van der Waals surface area contributed by atoms with Gasteiger partial charge in [0.15, 0.2) is 0 Å². The van der Waals surface area contributed by atoms with Gasteiger partial charge in [-0.25, -0.2) is 17.5 Å². The third-order valence-electron chi connectivity index (χ3n) is 2.52. The lowest BCUT2D eigenvalue weighted by molar-refractivity contribution is 0.238. The van der Waals surface area contributed by atoms with Crippen molar-refractivity contribution in [2.75, 3.05) is 18.9 Å². The van der Waals surface area contributed by atoms with Crippen LogP contribution in [0, 0.1) is 18.7 Å². The average molecular weight is 276 g/mol. The third kappa shape index (κ3) is 3.41. The van der Waals surface area contributed by atoms with Crippen LogP contribution in [0.15, 0.2) is 17.0 Å². The Morgan fingerprint density at radius 2 is 2.11 bits per heavy atom. The van der Waals surface area contributed by atoms with Crippen LogP contribution in [0.3, 0.4) is 0 Å². The van der Waals surface area contributed by atoms with Crippen LogP contribution in [0.2, 0.25) is 0 Å². The number of aliphatic hydroxyl groups excluding tert-OH is 1. The number of aliphatic hydroxyl groups is 1. The summed E-state index contributed by atoms with van der Waals surface area (Å²) in [6.45, 7) is 3.18. The van der Waals surface area contributed by atoms with Crippen molar-refractivity contribution in [1.29, 1.82) is 0 Å². The third-order valence-corrected chi connectivity index (χ3v) is 4.08. The van der Waals surface area contributed by atoms with Gasteiger partial charge in [0.1, 0.15) is 5.82 Å². The van der Waals surface area contributed by atoms with Gasteiger partial charge < -0.3 is 10.8 Å². The van der Waals surface area contributed by atoms with Crippen molar-refractivity contribution in [3.8, 4) is 0 Å². The Morgan fingerprint density at radius 3 is 2.67 bits per heavy atom. The van der Waals surface area contributed by atoms with Crippen molar-refractivity contribution in [2.45, 2.75) is 18.7 Å². The van der Waals surface area contributed by atoms with Gasteiger partial charge in [-0.15, -0.1) is 0 Å². The number of rotatable bonds is 5. The number of nitrogens with one attached hydrogen (secondary N) is 1. The fourth-order valence-corrected chi connectivity index (χ4v) is 2.78. The molecule has 7 heteroatoms. The van der Waals surface area contributed by atoms with Crippen LogP contribution in [0.1, 0.15) is 12.5 Å². The first-order valence-electron chi connectivity index (χ1n) is 5.44. The summed E-state index contributed by atoms with van der Waals surface area (Å²) in [6.07, 6.45) is 0. The summed E-state index contributed by atoms with van der Waals surface area (Å²) in [4.78, 5) is -0.0495. The standard InChI is InChI=1S/C11H17FN2O3S/c1-7(6-15)5-14-18(16,17)11-4-10(13)9(12)3-8(11)2/h3-4,7,14-15H,5-6,13H2,1-2H3. The fourth-order valence-electron chi connectivity index (χ4n) is 1.35. The second-order valence-electron chi connectivity index (χ2n) is 4.28. The molecule has 0 radical (unpaired) electrons. The number of hydrogen-bond acceptors (Lipinski definition) is 4. The molecule has 0 amide bonds. The largest absolute Gasteiger partial charge is 0.396 e. The van der Waals surface area contributed by atoms with Crippen LogP contribution in [0.4, 0.5) is 10.1 Å². The van der Waals surface area contributed by atoms with E-state index in [0.29, 0.717) is 0 Å². The molecular formula is C11H17FN2O3S. The molecule has 0 aromatic heterocycles. The summed E-state index contributed by atoms with van der Waals surface area (Å²) in [6, 6.07) is 2.18. The van der Waals surface area contributed by atoms with Crippen LogP contribution in [-0.4, -0.2) is 26.7 Å². The van der Waals surface area contributed by atoms with Gasteiger partial charge in [0, 0.05) is 13.2 Å². The minimum atomic E-state index is -3.74. The molecule has 0 aliphatic rings. The maximum absolute atomic E-state index is 13.1. The van der Waals surface area contributed by atoms with Crippen molar-refractivity contribution < 1.29 is 17.9 Å². The quantitative estimate of drug-likeness (QED) is 0.687. The molecule has 0 aliphatic heterocycles. The molecule has 1 aromatic rings. The first-order valence-corrected chi connectivity index (χ1v) is 6.92. The van der Waals surface area contributed by atoms with Crippen molar-refractivity contribution in [3.05, 3.63) is 23.5 Å². The van der Waals surface area contributed by atoms with Crippen LogP contribution in [0.25, 0.3) is 0 Å². The topological polar surface area (TPSA) is 92.4 Å². The monoisotopic (exact) mass is 276 g/mol. The highest BCUT2D eigenvalue weighted by Crippen LogP contribution is 2.21. The highest BCUT2D eigenvalue weighted by atomic mass is 32.2. The molecule has 4 N–H and O–H groups in total. The summed E-state index contributed by atoms with van der Waals surface area (Å²) in [5, 5.41) is 8.83. The molecule has 0 spiro atoms. The molecule has 0 saturated carbocycles. The first kappa shape index (κ1) is 14.9. The van der Waals surface area contributed by atoms with Gasteiger partial charge >= 0.3 is 0 Å². The van der Waals surface area contributed by atoms with E-state index < -0.39 is 15.8 Å². The lowest BCUT2D eigenvalue weighted by Gasteiger charge is -2.13. The molecule has 0 heterocycles. The molecule has 1 rings (SSSR count). The second kappa shape index (κ2) is 5.64. The van der Waals surface area contributed by atoms with Crippen LogP contribution in [0.5, 0.6) is 0 Å². The van der Waals surface area contributed by atoms with E-state index in [0.717, 1.165) is 12.1 Å². The first-order chi connectivity index (χ1) is 8.27. The van der Waals surface area contributed by atoms with Crippen molar-refractivity contribution in [2.24, 2.45) is 5.92 Å². The Balaban J connectivity index is 3.02. The maximum atomic E-state index is 13.1. The molecule has 0 bridgehead atoms. The summed E-state index contributed by atoms with van der Waals surface area (Å²) < 4.78 is 39.4. The van der Waals surface area contributed by atoms with Crippen molar-refractivity contribution in [1.82, 2.24) is 4.72 Å². The molecule has 1 aromatic carbocycles. The van der Waals surface area contributed by atoms with Gasteiger partial charge in [-0.1, -0.05) is 6.92 Å². The minimum Gasteiger partial charge on any atom is -0.396 e. The highest BCUT2D eigenvalue weighted by molar-refractivity contribution is 7.89. The molecule has 0 saturated heterocycles. The number of anilines is 1. The number of sulfonamides is 1. The molecule has 18 heavy (non-hydrogen) atoms. The van der Waals surface area contributed by atoms with Gasteiger partial charge in [0.05, 0.1) is 10.6 Å². The Bertz CT molecular complexity index is 531. The van der Waals surface area contributed by atoms with E-state index in [4.69, 9.17) is 10.8 Å². The van der Waals surface area contributed by atoms with Gasteiger partial charge in [-0.2, -0.15) is 0 Å². The maximum Gasteiger partial charge on any atom is 0.240 e. The number of aryl methyl sites for hydroxylation is 1. The zero-order valence-corrected chi connectivity index (χ0v) is 11.1. The molecule has 102 valence electrons. The Hall–Kier alpha value is -1.18. The summed E-state index contributed by atoms with van der Waals surface area (Å²) in [5.41, 5.74) is 5.43. The summed E-state index contributed by atoms with van der Waals surface area (Å²) in [5.74, 6) is -0.840. The van der Waals surface area contributed by atoms with Gasteiger partial charge in [0.25, 0.3) is 0 Å². The number of halogens is 1. The number of nitrogen functional groups attached to an aromatic ring is 1. The zero-order chi connectivity index (χ0) is 13.9. The summed E-state index contributed by atoms with van der Waals surface area (Å²) >= 11 is 0. The minimum absolute atomic E-state index is 0.0495. The second-order valence-corrected chi connectivity index (χ2v) is 6.01. The van der Waals surface area contributed by atoms with E-state index in [-0.39, 0.29) is 35.2 Å². The van der Waals surface area contributed by atoms with Crippen molar-refractivity contribution >= 4 is 15.7 Å². The van der Waals surface area contributed by atoms with E-state index in [2.05, 4.69) is 4.72 Å². The smallest absolute Gasteiger partial charge is 0.240 e.